The van der Waals surface area contributed by atoms with Crippen molar-refractivity contribution in [3.63, 3.8) is 0 Å². The van der Waals surface area contributed by atoms with E-state index in [1.807, 2.05) is 24.3 Å². The predicted molar refractivity (Wildman–Crippen MR) is 130 cm³/mol. The molecule has 0 heterocycles. The van der Waals surface area contributed by atoms with Crippen LogP contribution in [0.1, 0.15) is 51.0 Å². The summed E-state index contributed by atoms with van der Waals surface area (Å²) >= 11 is 0. The van der Waals surface area contributed by atoms with Crippen LogP contribution in [0.2, 0.25) is 0 Å². The summed E-state index contributed by atoms with van der Waals surface area (Å²) in [5, 5.41) is 6.75. The number of carbonyl (C=O) groups excluding carboxylic acids is 1. The van der Waals surface area contributed by atoms with E-state index in [0.717, 1.165) is 30.5 Å². The highest BCUT2D eigenvalue weighted by Crippen LogP contribution is 2.28. The number of carbonyl (C=O) groups is 1. The van der Waals surface area contributed by atoms with Crippen molar-refractivity contribution in [2.75, 3.05) is 33.8 Å². The molecule has 6 nitrogen and oxygen atoms in total. The molecule has 1 aromatic rings. The van der Waals surface area contributed by atoms with Crippen LogP contribution in [0.5, 0.6) is 5.75 Å². The van der Waals surface area contributed by atoms with Gasteiger partial charge in [-0.15, -0.1) is 24.0 Å². The van der Waals surface area contributed by atoms with Gasteiger partial charge in [-0.05, 0) is 43.4 Å². The first kappa shape index (κ1) is 25.5. The van der Waals surface area contributed by atoms with E-state index in [0.29, 0.717) is 12.3 Å². The lowest BCUT2D eigenvalue weighted by molar-refractivity contribution is -0.130. The van der Waals surface area contributed by atoms with Crippen LogP contribution >= 0.6 is 24.0 Å². The highest BCUT2D eigenvalue weighted by atomic mass is 127. The summed E-state index contributed by atoms with van der Waals surface area (Å²) in [5.41, 5.74) is 1.05. The summed E-state index contributed by atoms with van der Waals surface area (Å²) in [6, 6.07) is 7.76. The Morgan fingerprint density at radius 1 is 1.24 bits per heavy atom. The Hall–Kier alpha value is -1.51. The first-order valence-electron chi connectivity index (χ1n) is 10.5. The number of halogens is 1. The number of nitrogens with one attached hydrogen (secondary N) is 2. The van der Waals surface area contributed by atoms with Gasteiger partial charge in [-0.3, -0.25) is 4.79 Å². The second kappa shape index (κ2) is 14.5. The predicted octanol–water partition coefficient (Wildman–Crippen LogP) is 3.80. The third kappa shape index (κ3) is 10.2. The molecule has 0 spiro atoms. The molecule has 1 aliphatic carbocycles. The second-order valence-corrected chi connectivity index (χ2v) is 7.64. The number of guanidine groups is 1. The molecule has 164 valence electrons. The van der Waals surface area contributed by atoms with E-state index in [9.17, 15) is 4.79 Å². The zero-order chi connectivity index (χ0) is 20.2. The Morgan fingerprint density at radius 2 is 2.00 bits per heavy atom. The summed E-state index contributed by atoms with van der Waals surface area (Å²) in [7, 11) is 3.44. The van der Waals surface area contributed by atoms with Gasteiger partial charge in [-0.2, -0.15) is 0 Å². The average molecular weight is 516 g/mol. The van der Waals surface area contributed by atoms with Gasteiger partial charge in [0.05, 0.1) is 6.54 Å². The summed E-state index contributed by atoms with van der Waals surface area (Å²) in [6.07, 6.45) is 8.15. The molecular formula is C22H37IN4O2. The average Bonchev–Trinajstić information content (AvgIpc) is 3.21. The molecule has 0 aliphatic heterocycles. The van der Waals surface area contributed by atoms with E-state index >= 15 is 0 Å². The number of rotatable bonds is 10. The lowest BCUT2D eigenvalue weighted by Crippen LogP contribution is -2.37. The maximum absolute atomic E-state index is 11.7. The van der Waals surface area contributed by atoms with Gasteiger partial charge in [0.15, 0.2) is 12.6 Å². The topological polar surface area (TPSA) is 66.0 Å². The number of hydrogen-bond donors (Lipinski definition) is 2. The van der Waals surface area contributed by atoms with Crippen molar-refractivity contribution in [2.45, 2.75) is 52.0 Å². The first-order chi connectivity index (χ1) is 13.6. The van der Waals surface area contributed by atoms with Gasteiger partial charge in [0.1, 0.15) is 5.75 Å². The summed E-state index contributed by atoms with van der Waals surface area (Å²) < 4.78 is 5.58. The van der Waals surface area contributed by atoms with Crippen LogP contribution in [-0.4, -0.2) is 50.6 Å². The molecule has 7 heteroatoms. The lowest BCUT2D eigenvalue weighted by atomic mass is 10.0. The maximum atomic E-state index is 11.7. The normalized spacial score (nSPS) is 14.2. The van der Waals surface area contributed by atoms with E-state index in [2.05, 4.69) is 22.5 Å². The molecule has 1 aromatic carbocycles. The smallest absolute Gasteiger partial charge is 0.259 e. The van der Waals surface area contributed by atoms with E-state index < -0.39 is 0 Å². The molecule has 0 aromatic heterocycles. The monoisotopic (exact) mass is 516 g/mol. The summed E-state index contributed by atoms with van der Waals surface area (Å²) in [4.78, 5) is 17.9. The van der Waals surface area contributed by atoms with Crippen molar-refractivity contribution in [2.24, 2.45) is 10.9 Å². The van der Waals surface area contributed by atoms with Crippen molar-refractivity contribution in [1.29, 1.82) is 0 Å². The van der Waals surface area contributed by atoms with Crippen molar-refractivity contribution in [1.82, 2.24) is 15.5 Å². The van der Waals surface area contributed by atoms with E-state index in [4.69, 9.17) is 4.74 Å². The van der Waals surface area contributed by atoms with Gasteiger partial charge < -0.3 is 20.3 Å². The number of benzene rings is 1. The van der Waals surface area contributed by atoms with Gasteiger partial charge in [0.25, 0.3) is 5.91 Å². The molecule has 1 aliphatic rings. The molecule has 1 fully saturated rings. The van der Waals surface area contributed by atoms with Gasteiger partial charge in [-0.1, -0.05) is 37.8 Å². The number of hydrogen-bond acceptors (Lipinski definition) is 3. The number of likely N-dealkylation sites (N-methyl/N-ethyl adjacent to an activating group) is 1. The van der Waals surface area contributed by atoms with Crippen LogP contribution in [0.15, 0.2) is 29.3 Å². The molecule has 2 rings (SSSR count). The van der Waals surface area contributed by atoms with Crippen LogP contribution < -0.4 is 15.4 Å². The molecular weight excluding hydrogens is 479 g/mol. The van der Waals surface area contributed by atoms with Crippen LogP contribution in [0, 0.1) is 5.92 Å². The van der Waals surface area contributed by atoms with Crippen molar-refractivity contribution < 1.29 is 9.53 Å². The largest absolute Gasteiger partial charge is 0.484 e. The SMILES string of the molecule is CCNC(=NCc1cccc(OCC(=O)N(C)C)c1)NCCCC1CCCC1.I. The lowest BCUT2D eigenvalue weighted by Gasteiger charge is -2.13. The molecule has 29 heavy (non-hydrogen) atoms. The first-order valence-corrected chi connectivity index (χ1v) is 10.5. The molecule has 1 amide bonds. The standard InChI is InChI=1S/C22H36N4O2.HI/c1-4-23-22(24-14-8-12-18-9-5-6-10-18)25-16-19-11-7-13-20(15-19)28-17-21(27)26(2)3;/h7,11,13,15,18H,4-6,8-10,12,14,16-17H2,1-3H3,(H2,23,24,25);1H. The van der Waals surface area contributed by atoms with Gasteiger partial charge in [0.2, 0.25) is 0 Å². The van der Waals surface area contributed by atoms with Crippen molar-refractivity contribution in [3.8, 4) is 5.75 Å². The minimum absolute atomic E-state index is 0. The van der Waals surface area contributed by atoms with E-state index in [-0.39, 0.29) is 36.5 Å². The van der Waals surface area contributed by atoms with Crippen molar-refractivity contribution >= 4 is 35.8 Å². The fraction of sp³-hybridized carbons (Fsp3) is 0.636. The molecule has 0 bridgehead atoms. The fourth-order valence-corrected chi connectivity index (χ4v) is 3.42. The number of nitrogens with zero attached hydrogens (tertiary/aromatic N) is 2. The van der Waals surface area contributed by atoms with Gasteiger partial charge in [0, 0.05) is 27.2 Å². The zero-order valence-electron chi connectivity index (χ0n) is 18.1. The Bertz CT molecular complexity index is 631. The third-order valence-corrected chi connectivity index (χ3v) is 5.08. The molecule has 0 unspecified atom stereocenters. The Balaban J connectivity index is 0.00000420. The van der Waals surface area contributed by atoms with E-state index in [1.165, 1.54) is 43.4 Å². The zero-order valence-corrected chi connectivity index (χ0v) is 20.4. The minimum atomic E-state index is -0.0559. The number of ether oxygens (including phenoxy) is 1. The minimum Gasteiger partial charge on any atom is -0.484 e. The molecule has 2 N–H and O–H groups in total. The van der Waals surface area contributed by atoms with Crippen LogP contribution in [0.25, 0.3) is 0 Å². The van der Waals surface area contributed by atoms with E-state index in [1.54, 1.807) is 14.1 Å². The number of amides is 1. The quantitative estimate of drug-likeness (QED) is 0.215. The van der Waals surface area contributed by atoms with Gasteiger partial charge >= 0.3 is 0 Å². The second-order valence-electron chi connectivity index (χ2n) is 7.64. The molecule has 0 atom stereocenters. The molecule has 0 saturated heterocycles. The van der Waals surface area contributed by atoms with Crippen molar-refractivity contribution in [3.05, 3.63) is 29.8 Å². The number of aliphatic imine (C=N–C) groups is 1. The van der Waals surface area contributed by atoms with Crippen LogP contribution in [0.4, 0.5) is 0 Å². The summed E-state index contributed by atoms with van der Waals surface area (Å²) in [6.45, 7) is 4.48. The summed E-state index contributed by atoms with van der Waals surface area (Å²) in [5.74, 6) is 2.42. The molecule has 1 saturated carbocycles. The maximum Gasteiger partial charge on any atom is 0.259 e. The molecule has 0 radical (unpaired) electrons. The Labute approximate surface area is 192 Å². The Kier molecular flexibility index (Phi) is 12.7. The van der Waals surface area contributed by atoms with Gasteiger partial charge in [-0.25, -0.2) is 4.99 Å². The third-order valence-electron chi connectivity index (χ3n) is 5.08. The fourth-order valence-electron chi connectivity index (χ4n) is 3.42. The highest BCUT2D eigenvalue weighted by molar-refractivity contribution is 14.0. The van der Waals surface area contributed by atoms with Crippen LogP contribution in [-0.2, 0) is 11.3 Å². The highest BCUT2D eigenvalue weighted by Gasteiger charge is 2.14. The Morgan fingerprint density at radius 3 is 2.69 bits per heavy atom. The van der Waals surface area contributed by atoms with Crippen LogP contribution in [0.3, 0.4) is 0 Å².